The summed E-state index contributed by atoms with van der Waals surface area (Å²) in [5.74, 6) is 0.783. The van der Waals surface area contributed by atoms with Gasteiger partial charge in [-0.2, -0.15) is 0 Å². The fourth-order valence-corrected chi connectivity index (χ4v) is 12.3. The number of hydrogen-bond acceptors (Lipinski definition) is 4. The molecule has 2 aromatic heterocycles. The molecule has 0 saturated carbocycles. The van der Waals surface area contributed by atoms with Gasteiger partial charge in [-0.05, 0) is 117 Å². The van der Waals surface area contributed by atoms with Crippen molar-refractivity contribution in [2.24, 2.45) is 0 Å². The van der Waals surface area contributed by atoms with Gasteiger partial charge < -0.3 is 0 Å². The summed E-state index contributed by atoms with van der Waals surface area (Å²) >= 11 is 1.70. The van der Waals surface area contributed by atoms with Crippen molar-refractivity contribution in [2.45, 2.75) is 31.6 Å². The number of aromatic nitrogens is 2. The lowest BCUT2D eigenvalue weighted by atomic mass is 9.68. The number of fused-ring (bicyclic) bond motifs is 7. The monoisotopic (exact) mass is 901 g/mol. The summed E-state index contributed by atoms with van der Waals surface area (Å²) in [5.41, 5.74) is 20.8. The van der Waals surface area contributed by atoms with Gasteiger partial charge in [-0.1, -0.05) is 206 Å². The number of aryl methyl sites for hydroxylation is 2. The Kier molecular flexibility index (Phi) is 10.0. The molecule has 2 heterocycles. The average Bonchev–Trinajstić information content (AvgIpc) is 3.93. The number of hydrogen-bond donors (Lipinski definition) is 0. The molecule has 2 aliphatic carbocycles. The van der Waals surface area contributed by atoms with Crippen LogP contribution in [-0.2, 0) is 18.3 Å². The van der Waals surface area contributed by atoms with Crippen molar-refractivity contribution < 1.29 is 0 Å². The molecule has 3 nitrogen and oxygen atoms in total. The van der Waals surface area contributed by atoms with Crippen LogP contribution < -0.4 is 4.90 Å². The molecule has 4 heteroatoms. The molecule has 0 radical (unpaired) electrons. The molecule has 0 spiro atoms. The molecule has 69 heavy (non-hydrogen) atoms. The smallest absolute Gasteiger partial charge is 0.165 e. The van der Waals surface area contributed by atoms with Crippen LogP contribution in [0.5, 0.6) is 0 Å². The maximum atomic E-state index is 5.78. The second kappa shape index (κ2) is 16.9. The van der Waals surface area contributed by atoms with E-state index in [0.29, 0.717) is 0 Å². The van der Waals surface area contributed by atoms with Gasteiger partial charge in [0.2, 0.25) is 0 Å². The van der Waals surface area contributed by atoms with Crippen LogP contribution in [0.3, 0.4) is 0 Å². The van der Waals surface area contributed by atoms with Gasteiger partial charge in [0.05, 0.1) is 11.1 Å². The molecule has 0 unspecified atom stereocenters. The lowest BCUT2D eigenvalue weighted by Crippen LogP contribution is -2.28. The van der Waals surface area contributed by atoms with Crippen molar-refractivity contribution in [3.8, 4) is 33.5 Å². The topological polar surface area (TPSA) is 29.0 Å². The Morgan fingerprint density at radius 3 is 2.03 bits per heavy atom. The van der Waals surface area contributed by atoms with E-state index in [-0.39, 0.29) is 0 Å². The Balaban J connectivity index is 1.06. The lowest BCUT2D eigenvalue weighted by Gasteiger charge is -2.34. The van der Waals surface area contributed by atoms with Gasteiger partial charge in [-0.3, -0.25) is 4.90 Å². The van der Waals surface area contributed by atoms with Crippen LogP contribution >= 0.6 is 11.3 Å². The molecule has 0 atom stereocenters. The summed E-state index contributed by atoms with van der Waals surface area (Å²) in [5, 5.41) is 1.11. The van der Waals surface area contributed by atoms with Gasteiger partial charge in [0.25, 0.3) is 0 Å². The molecule has 0 amide bonds. The molecule has 328 valence electrons. The molecule has 0 bridgehead atoms. The van der Waals surface area contributed by atoms with E-state index in [9.17, 15) is 0 Å². The maximum Gasteiger partial charge on any atom is 0.165 e. The van der Waals surface area contributed by atoms with E-state index in [1.165, 1.54) is 77.0 Å². The zero-order chi connectivity index (χ0) is 45.9. The van der Waals surface area contributed by atoms with E-state index in [0.717, 1.165) is 63.4 Å². The Morgan fingerprint density at radius 1 is 0.580 bits per heavy atom. The normalized spacial score (nSPS) is 13.3. The number of nitrogens with zero attached hydrogens (tertiary/aromatic N) is 3. The molecule has 0 aliphatic heterocycles. The number of anilines is 3. The Labute approximate surface area is 407 Å². The summed E-state index contributed by atoms with van der Waals surface area (Å²) in [6, 6.07) is 80.2. The van der Waals surface area contributed by atoms with Gasteiger partial charge in [-0.15, -0.1) is 11.3 Å². The van der Waals surface area contributed by atoms with Crippen molar-refractivity contribution >= 4 is 55.0 Å². The van der Waals surface area contributed by atoms with E-state index in [4.69, 9.17) is 9.97 Å². The summed E-state index contributed by atoms with van der Waals surface area (Å²) in [6.45, 7) is 2.25. The maximum absolute atomic E-state index is 5.78. The Morgan fingerprint density at radius 2 is 1.25 bits per heavy atom. The zero-order valence-electron chi connectivity index (χ0n) is 38.3. The van der Waals surface area contributed by atoms with Gasteiger partial charge in [0, 0.05) is 26.9 Å². The van der Waals surface area contributed by atoms with Crippen LogP contribution in [0, 0.1) is 6.92 Å². The highest BCUT2D eigenvalue weighted by molar-refractivity contribution is 7.25. The zero-order valence-corrected chi connectivity index (χ0v) is 39.1. The van der Waals surface area contributed by atoms with Crippen LogP contribution in [0.4, 0.5) is 17.2 Å². The quantitative estimate of drug-likeness (QED) is 0.145. The fraction of sp³-hybridized carbons (Fsp3) is 0.0769. The minimum absolute atomic E-state index is 0.527. The van der Waals surface area contributed by atoms with E-state index in [1.54, 1.807) is 11.3 Å². The molecule has 2 aliphatic rings. The fourth-order valence-electron chi connectivity index (χ4n) is 11.3. The summed E-state index contributed by atoms with van der Waals surface area (Å²) < 4.78 is 1.17. The molecule has 11 aromatic rings. The van der Waals surface area contributed by atoms with Crippen molar-refractivity contribution in [3.63, 3.8) is 0 Å². The van der Waals surface area contributed by atoms with Gasteiger partial charge in [0.15, 0.2) is 5.82 Å². The van der Waals surface area contributed by atoms with Crippen molar-refractivity contribution in [1.82, 2.24) is 9.97 Å². The average molecular weight is 902 g/mol. The highest BCUT2D eigenvalue weighted by Gasteiger charge is 2.46. The summed E-state index contributed by atoms with van der Waals surface area (Å²) in [6.07, 6.45) is 7.61. The first-order chi connectivity index (χ1) is 34.1. The van der Waals surface area contributed by atoms with E-state index in [1.807, 2.05) is 0 Å². The van der Waals surface area contributed by atoms with Gasteiger partial charge >= 0.3 is 0 Å². The highest BCUT2D eigenvalue weighted by Crippen LogP contribution is 2.56. The third kappa shape index (κ3) is 6.77. The first kappa shape index (κ1) is 41.0. The third-order valence-corrected chi connectivity index (χ3v) is 15.5. The molecule has 0 N–H and O–H groups in total. The van der Waals surface area contributed by atoms with Crippen LogP contribution in [0.15, 0.2) is 224 Å². The van der Waals surface area contributed by atoms with E-state index < -0.39 is 5.41 Å². The van der Waals surface area contributed by atoms with E-state index >= 15 is 0 Å². The minimum atomic E-state index is -0.527. The van der Waals surface area contributed by atoms with Gasteiger partial charge in [0.1, 0.15) is 16.0 Å². The molecule has 0 saturated heterocycles. The van der Waals surface area contributed by atoms with Crippen LogP contribution in [-0.4, -0.2) is 9.97 Å². The SMILES string of the molecule is Cc1cccc(N(c2ccc(C3(c4ccccc4)c4ccccc4-c4ccccc43)cc2)c2nc3c(nc2-c2ccccc2)sc2ccccc23)c1-c1ccccc1Cc1ccc2c(c1)C=CCC2. The lowest BCUT2D eigenvalue weighted by molar-refractivity contribution is 0.768. The van der Waals surface area contributed by atoms with Crippen molar-refractivity contribution in [2.75, 3.05) is 4.90 Å². The van der Waals surface area contributed by atoms with Crippen LogP contribution in [0.25, 0.3) is 60.0 Å². The second-order valence-electron chi connectivity index (χ2n) is 18.4. The molecular formula is C65H47N3S. The third-order valence-electron chi connectivity index (χ3n) is 14.4. The number of rotatable bonds is 9. The predicted octanol–water partition coefficient (Wildman–Crippen LogP) is 16.9. The largest absolute Gasteiger partial charge is 0.293 e. The first-order valence-electron chi connectivity index (χ1n) is 24.0. The number of benzene rings is 9. The first-order valence-corrected chi connectivity index (χ1v) is 24.8. The Hall–Kier alpha value is -8.18. The summed E-state index contributed by atoms with van der Waals surface area (Å²) in [4.78, 5) is 14.7. The minimum Gasteiger partial charge on any atom is -0.293 e. The molecule has 9 aromatic carbocycles. The number of thiophene rings is 1. The highest BCUT2D eigenvalue weighted by atomic mass is 32.1. The second-order valence-corrected chi connectivity index (χ2v) is 19.4. The van der Waals surface area contributed by atoms with Gasteiger partial charge in [-0.25, -0.2) is 9.97 Å². The van der Waals surface area contributed by atoms with E-state index in [2.05, 4.69) is 242 Å². The molecular weight excluding hydrogens is 855 g/mol. The Bertz CT molecular complexity index is 3730. The van der Waals surface area contributed by atoms with Crippen LogP contribution in [0.2, 0.25) is 0 Å². The van der Waals surface area contributed by atoms with Crippen molar-refractivity contribution in [3.05, 3.63) is 275 Å². The molecule has 0 fully saturated rings. The predicted molar refractivity (Wildman–Crippen MR) is 289 cm³/mol. The summed E-state index contributed by atoms with van der Waals surface area (Å²) in [7, 11) is 0. The van der Waals surface area contributed by atoms with Crippen LogP contribution in [0.1, 0.15) is 56.5 Å². The molecule has 13 rings (SSSR count). The number of allylic oxidation sites excluding steroid dienone is 1. The van der Waals surface area contributed by atoms with Crippen molar-refractivity contribution in [1.29, 1.82) is 0 Å². The standard InChI is InChI=1S/C65H47N3S/c1-43-19-18-33-58(60(43)52-27-11-10-24-48(52)42-44-35-36-45-20-8-9-23-47(45)41-44)68(63-61(46-21-4-2-5-22-46)67-64-62(66-63)55-30-14-17-34-59(55)69-64)51-39-37-50(38-40-51)65(49-25-6-3-7-26-49)56-31-15-12-28-53(56)54-29-13-16-32-57(54)65/h2-7,9-19,21-41H,8,20,42H2,1H3.